The molecule has 1 saturated heterocycles. The second-order valence-electron chi connectivity index (χ2n) is 5.59. The topological polar surface area (TPSA) is 93.1 Å². The van der Waals surface area contributed by atoms with Crippen molar-refractivity contribution in [3.63, 3.8) is 0 Å². The SMILES string of the molecule is Cn1cc(C(=O)N2CCOC(CCc3cc(=O)[nH]cn3)C2)cn1. The van der Waals surface area contributed by atoms with Crippen molar-refractivity contribution in [2.75, 3.05) is 19.7 Å². The van der Waals surface area contributed by atoms with E-state index in [1.807, 2.05) is 0 Å². The van der Waals surface area contributed by atoms with Crippen molar-refractivity contribution in [3.05, 3.63) is 46.4 Å². The predicted molar refractivity (Wildman–Crippen MR) is 82.0 cm³/mol. The van der Waals surface area contributed by atoms with E-state index in [-0.39, 0.29) is 17.6 Å². The third kappa shape index (κ3) is 3.84. The summed E-state index contributed by atoms with van der Waals surface area (Å²) in [5.41, 5.74) is 1.16. The molecule has 2 aromatic rings. The number of morpholine rings is 1. The van der Waals surface area contributed by atoms with E-state index in [1.54, 1.807) is 29.0 Å². The predicted octanol–water partition coefficient (Wildman–Crippen LogP) is -0.0228. The summed E-state index contributed by atoms with van der Waals surface area (Å²) in [5.74, 6) is -0.0271. The third-order valence-corrected chi connectivity index (χ3v) is 3.84. The molecule has 1 fully saturated rings. The van der Waals surface area contributed by atoms with Crippen LogP contribution >= 0.6 is 0 Å². The molecule has 0 saturated carbocycles. The molecule has 1 aliphatic rings. The number of carbonyl (C=O) groups excluding carboxylic acids is 1. The zero-order valence-corrected chi connectivity index (χ0v) is 12.9. The molecule has 0 radical (unpaired) electrons. The molecule has 122 valence electrons. The molecule has 1 atom stereocenters. The van der Waals surface area contributed by atoms with E-state index < -0.39 is 0 Å². The third-order valence-electron chi connectivity index (χ3n) is 3.84. The second kappa shape index (κ2) is 6.74. The first-order chi connectivity index (χ1) is 11.1. The molecule has 0 bridgehead atoms. The first kappa shape index (κ1) is 15.4. The van der Waals surface area contributed by atoms with Gasteiger partial charge in [-0.1, -0.05) is 0 Å². The van der Waals surface area contributed by atoms with E-state index in [9.17, 15) is 9.59 Å². The van der Waals surface area contributed by atoms with Crippen LogP contribution in [-0.2, 0) is 18.2 Å². The van der Waals surface area contributed by atoms with Gasteiger partial charge in [-0.3, -0.25) is 14.3 Å². The van der Waals surface area contributed by atoms with Crippen LogP contribution in [0.1, 0.15) is 22.5 Å². The highest BCUT2D eigenvalue weighted by molar-refractivity contribution is 5.93. The molecule has 1 N–H and O–H groups in total. The van der Waals surface area contributed by atoms with E-state index in [0.717, 1.165) is 5.69 Å². The quantitative estimate of drug-likeness (QED) is 0.855. The Kier molecular flexibility index (Phi) is 4.52. The van der Waals surface area contributed by atoms with E-state index in [0.29, 0.717) is 38.1 Å². The van der Waals surface area contributed by atoms with Gasteiger partial charge in [0.05, 0.1) is 30.8 Å². The normalized spacial score (nSPS) is 18.1. The Morgan fingerprint density at radius 3 is 3.13 bits per heavy atom. The number of nitrogens with one attached hydrogen (secondary N) is 1. The summed E-state index contributed by atoms with van der Waals surface area (Å²) in [6.45, 7) is 1.63. The fraction of sp³-hybridized carbons (Fsp3) is 0.467. The van der Waals surface area contributed by atoms with E-state index >= 15 is 0 Å². The number of hydrogen-bond acceptors (Lipinski definition) is 5. The van der Waals surface area contributed by atoms with Gasteiger partial charge in [-0.2, -0.15) is 5.10 Å². The number of H-pyrrole nitrogens is 1. The highest BCUT2D eigenvalue weighted by atomic mass is 16.5. The first-order valence-electron chi connectivity index (χ1n) is 7.55. The maximum absolute atomic E-state index is 12.4. The van der Waals surface area contributed by atoms with Gasteiger partial charge in [0.25, 0.3) is 11.5 Å². The summed E-state index contributed by atoms with van der Waals surface area (Å²) in [7, 11) is 1.79. The lowest BCUT2D eigenvalue weighted by Crippen LogP contribution is -2.45. The lowest BCUT2D eigenvalue weighted by atomic mass is 10.1. The summed E-state index contributed by atoms with van der Waals surface area (Å²) < 4.78 is 7.34. The zero-order valence-electron chi connectivity index (χ0n) is 12.9. The van der Waals surface area contributed by atoms with Gasteiger partial charge in [-0.05, 0) is 12.8 Å². The summed E-state index contributed by atoms with van der Waals surface area (Å²) >= 11 is 0. The molecule has 1 amide bonds. The van der Waals surface area contributed by atoms with Crippen LogP contribution in [0.2, 0.25) is 0 Å². The van der Waals surface area contributed by atoms with Gasteiger partial charge < -0.3 is 14.6 Å². The molecule has 1 unspecified atom stereocenters. The first-order valence-corrected chi connectivity index (χ1v) is 7.55. The molecule has 8 nitrogen and oxygen atoms in total. The Balaban J connectivity index is 1.57. The van der Waals surface area contributed by atoms with Gasteiger partial charge in [0, 0.05) is 38.1 Å². The van der Waals surface area contributed by atoms with E-state index in [1.165, 1.54) is 12.4 Å². The smallest absolute Gasteiger partial charge is 0.257 e. The van der Waals surface area contributed by atoms with Gasteiger partial charge >= 0.3 is 0 Å². The number of aromatic nitrogens is 4. The van der Waals surface area contributed by atoms with Gasteiger partial charge in [0.1, 0.15) is 0 Å². The largest absolute Gasteiger partial charge is 0.375 e. The highest BCUT2D eigenvalue weighted by Gasteiger charge is 2.25. The fourth-order valence-electron chi connectivity index (χ4n) is 2.65. The van der Waals surface area contributed by atoms with Crippen molar-refractivity contribution in [2.45, 2.75) is 18.9 Å². The van der Waals surface area contributed by atoms with Crippen LogP contribution in [0.4, 0.5) is 0 Å². The Hall–Kier alpha value is -2.48. The molecule has 0 spiro atoms. The molecule has 3 rings (SSSR count). The van der Waals surface area contributed by atoms with Crippen LogP contribution in [0.3, 0.4) is 0 Å². The summed E-state index contributed by atoms with van der Waals surface area (Å²) in [6, 6.07) is 1.49. The number of aryl methyl sites for hydroxylation is 2. The Bertz CT molecular complexity index is 738. The lowest BCUT2D eigenvalue weighted by Gasteiger charge is -2.32. The number of hydrogen-bond donors (Lipinski definition) is 1. The van der Waals surface area contributed by atoms with Crippen LogP contribution < -0.4 is 5.56 Å². The van der Waals surface area contributed by atoms with Crippen molar-refractivity contribution in [3.8, 4) is 0 Å². The second-order valence-corrected chi connectivity index (χ2v) is 5.59. The molecule has 0 aliphatic carbocycles. The number of nitrogens with zero attached hydrogens (tertiary/aromatic N) is 4. The number of rotatable bonds is 4. The minimum Gasteiger partial charge on any atom is -0.375 e. The monoisotopic (exact) mass is 317 g/mol. The van der Waals surface area contributed by atoms with Crippen LogP contribution in [0.15, 0.2) is 29.6 Å². The van der Waals surface area contributed by atoms with Crippen molar-refractivity contribution in [1.29, 1.82) is 0 Å². The Morgan fingerprint density at radius 1 is 1.52 bits per heavy atom. The molecule has 23 heavy (non-hydrogen) atoms. The average Bonchev–Trinajstić information content (AvgIpc) is 2.99. The van der Waals surface area contributed by atoms with Crippen LogP contribution in [0.5, 0.6) is 0 Å². The number of amides is 1. The number of carbonyl (C=O) groups is 1. The summed E-state index contributed by atoms with van der Waals surface area (Å²) in [6.07, 6.45) is 6.00. The van der Waals surface area contributed by atoms with Crippen molar-refractivity contribution in [2.24, 2.45) is 7.05 Å². The zero-order chi connectivity index (χ0) is 16.2. The average molecular weight is 317 g/mol. The number of ether oxygens (including phenoxy) is 1. The van der Waals surface area contributed by atoms with Crippen molar-refractivity contribution < 1.29 is 9.53 Å². The van der Waals surface area contributed by atoms with Crippen molar-refractivity contribution >= 4 is 5.91 Å². The van der Waals surface area contributed by atoms with Crippen LogP contribution in [-0.4, -0.2) is 56.4 Å². The molecular weight excluding hydrogens is 298 g/mol. The molecule has 2 aromatic heterocycles. The number of aromatic amines is 1. The van der Waals surface area contributed by atoms with Gasteiger partial charge in [-0.15, -0.1) is 0 Å². The minimum atomic E-state index is -0.159. The molecule has 8 heteroatoms. The minimum absolute atomic E-state index is 0.0271. The van der Waals surface area contributed by atoms with Gasteiger partial charge in [0.15, 0.2) is 0 Å². The summed E-state index contributed by atoms with van der Waals surface area (Å²) in [4.78, 5) is 32.1. The summed E-state index contributed by atoms with van der Waals surface area (Å²) in [5, 5.41) is 4.03. The lowest BCUT2D eigenvalue weighted by molar-refractivity contribution is -0.0247. The molecular formula is C15H19N5O3. The molecule has 1 aliphatic heterocycles. The van der Waals surface area contributed by atoms with Crippen molar-refractivity contribution in [1.82, 2.24) is 24.6 Å². The fourth-order valence-corrected chi connectivity index (χ4v) is 2.65. The highest BCUT2D eigenvalue weighted by Crippen LogP contribution is 2.14. The Labute approximate surface area is 133 Å². The molecule has 0 aromatic carbocycles. The van der Waals surface area contributed by atoms with E-state index in [4.69, 9.17) is 4.74 Å². The maximum atomic E-state index is 12.4. The standard InChI is InChI=1S/C15H19N5O3/c1-19-8-11(7-18-19)15(22)20-4-5-23-13(9-20)3-2-12-6-14(21)17-10-16-12/h6-8,10,13H,2-5,9H2,1H3,(H,16,17,21). The Morgan fingerprint density at radius 2 is 2.39 bits per heavy atom. The van der Waals surface area contributed by atoms with Crippen LogP contribution in [0.25, 0.3) is 0 Å². The maximum Gasteiger partial charge on any atom is 0.257 e. The van der Waals surface area contributed by atoms with Gasteiger partial charge in [-0.25, -0.2) is 4.98 Å². The van der Waals surface area contributed by atoms with Gasteiger partial charge in [0.2, 0.25) is 0 Å². The van der Waals surface area contributed by atoms with E-state index in [2.05, 4.69) is 15.1 Å². The van der Waals surface area contributed by atoms with Crippen LogP contribution in [0, 0.1) is 0 Å². The molecule has 3 heterocycles.